The summed E-state index contributed by atoms with van der Waals surface area (Å²) in [5, 5.41) is 11.7. The fourth-order valence-corrected chi connectivity index (χ4v) is 9.20. The summed E-state index contributed by atoms with van der Waals surface area (Å²) in [6.45, 7) is 0.699. The van der Waals surface area contributed by atoms with Crippen molar-refractivity contribution in [2.45, 2.75) is 19.4 Å². The number of nitrogens with zero attached hydrogens (tertiary/aromatic N) is 5. The molecule has 6 nitrogen and oxygen atoms in total. The lowest BCUT2D eigenvalue weighted by Crippen LogP contribution is -2.08. The molecule has 0 aliphatic rings. The normalized spacial score (nSPS) is 11.9. The van der Waals surface area contributed by atoms with E-state index in [9.17, 15) is 0 Å². The second kappa shape index (κ2) is 13.5. The van der Waals surface area contributed by atoms with Crippen LogP contribution >= 0.6 is 0 Å². The smallest absolute Gasteiger partial charge is 0.164 e. The fourth-order valence-electron chi connectivity index (χ4n) is 9.20. The third kappa shape index (κ3) is 5.56. The van der Waals surface area contributed by atoms with Crippen LogP contribution in [0.1, 0.15) is 17.0 Å². The number of hydrogen-bond acceptors (Lipinski definition) is 5. The molecule has 4 heterocycles. The van der Waals surface area contributed by atoms with Gasteiger partial charge in [0.15, 0.2) is 17.2 Å². The van der Waals surface area contributed by atoms with Gasteiger partial charge in [-0.1, -0.05) is 127 Å². The van der Waals surface area contributed by atoms with Crippen LogP contribution in [0.4, 0.5) is 0 Å². The number of pyridine rings is 1. The lowest BCUT2D eigenvalue weighted by atomic mass is 9.96. The molecule has 0 spiro atoms. The highest BCUT2D eigenvalue weighted by molar-refractivity contribution is 6.13. The maximum atomic E-state index is 6.43. The van der Waals surface area contributed by atoms with Crippen LogP contribution in [-0.2, 0) is 19.4 Å². The van der Waals surface area contributed by atoms with Crippen LogP contribution in [0.2, 0.25) is 0 Å². The Morgan fingerprint density at radius 1 is 0.475 bits per heavy atom. The molecule has 0 saturated heterocycles. The predicted octanol–water partition coefficient (Wildman–Crippen LogP) is 12.9. The molecule has 0 aliphatic carbocycles. The number of para-hydroxylation sites is 2. The van der Waals surface area contributed by atoms with Crippen molar-refractivity contribution in [2.24, 2.45) is 0 Å². The zero-order valence-electron chi connectivity index (χ0n) is 32.0. The van der Waals surface area contributed by atoms with Crippen molar-refractivity contribution < 1.29 is 4.42 Å². The summed E-state index contributed by atoms with van der Waals surface area (Å²) in [6.07, 6.45) is 4.95. The number of aromatic nitrogens is 5. The van der Waals surface area contributed by atoms with Gasteiger partial charge in [0.25, 0.3) is 0 Å². The fraction of sp³-hybridized carbons (Fsp3) is 0.0566. The van der Waals surface area contributed by atoms with Crippen molar-refractivity contribution >= 4 is 76.1 Å². The Bertz CT molecular complexity index is 3570. The van der Waals surface area contributed by atoms with Crippen LogP contribution in [0.3, 0.4) is 0 Å². The summed E-state index contributed by atoms with van der Waals surface area (Å²) in [7, 11) is 0. The van der Waals surface area contributed by atoms with Gasteiger partial charge in [0, 0.05) is 62.9 Å². The van der Waals surface area contributed by atoms with E-state index in [1.165, 1.54) is 49.1 Å². The topological polar surface area (TPSA) is 69.6 Å². The van der Waals surface area contributed by atoms with Gasteiger partial charge in [0.2, 0.25) is 0 Å². The van der Waals surface area contributed by atoms with E-state index in [0.717, 1.165) is 55.0 Å². The summed E-state index contributed by atoms with van der Waals surface area (Å²) in [6, 6.07) is 58.0. The third-order valence-electron chi connectivity index (χ3n) is 12.0. The molecule has 0 N–H and O–H groups in total. The van der Waals surface area contributed by atoms with Crippen LogP contribution in [0.15, 0.2) is 181 Å². The van der Waals surface area contributed by atoms with Gasteiger partial charge in [-0.2, -0.15) is 0 Å². The largest absolute Gasteiger partial charge is 0.454 e. The van der Waals surface area contributed by atoms with Crippen molar-refractivity contribution in [3.8, 4) is 22.8 Å². The highest BCUT2D eigenvalue weighted by Crippen LogP contribution is 2.37. The second-order valence-electron chi connectivity index (χ2n) is 15.3. The average Bonchev–Trinajstić information content (AvgIpc) is 3.84. The van der Waals surface area contributed by atoms with Crippen molar-refractivity contribution in [3.63, 3.8) is 0 Å². The molecular formula is C53H35N5O. The third-order valence-corrected chi connectivity index (χ3v) is 12.0. The molecule has 12 aromatic rings. The Morgan fingerprint density at radius 3 is 1.97 bits per heavy atom. The van der Waals surface area contributed by atoms with Crippen molar-refractivity contribution in [3.05, 3.63) is 193 Å². The zero-order valence-corrected chi connectivity index (χ0v) is 32.0. The molecule has 4 aromatic heterocycles. The van der Waals surface area contributed by atoms with E-state index in [0.29, 0.717) is 31.0 Å². The maximum Gasteiger partial charge on any atom is 0.164 e. The molecule has 0 radical (unpaired) electrons. The van der Waals surface area contributed by atoms with Gasteiger partial charge < -0.3 is 8.98 Å². The highest BCUT2D eigenvalue weighted by Gasteiger charge is 2.20. The molecule has 0 unspecified atom stereocenters. The van der Waals surface area contributed by atoms with Gasteiger partial charge in [-0.15, -0.1) is 0 Å². The van der Waals surface area contributed by atoms with Crippen LogP contribution in [0.5, 0.6) is 0 Å². The molecule has 0 fully saturated rings. The minimum atomic E-state index is 0.596. The number of benzene rings is 8. The molecule has 6 heteroatoms. The van der Waals surface area contributed by atoms with E-state index in [-0.39, 0.29) is 0 Å². The van der Waals surface area contributed by atoms with Gasteiger partial charge in [-0.3, -0.25) is 4.98 Å². The van der Waals surface area contributed by atoms with Crippen molar-refractivity contribution in [2.75, 3.05) is 0 Å². The molecule has 0 saturated carbocycles. The van der Waals surface area contributed by atoms with E-state index in [1.807, 2.05) is 12.4 Å². The number of fused-ring (bicyclic) bond motifs is 10. The van der Waals surface area contributed by atoms with Gasteiger partial charge >= 0.3 is 0 Å². The summed E-state index contributed by atoms with van der Waals surface area (Å²) in [5.74, 6) is 2.07. The van der Waals surface area contributed by atoms with Gasteiger partial charge in [-0.25, -0.2) is 15.0 Å². The first kappa shape index (κ1) is 33.4. The first-order valence-corrected chi connectivity index (χ1v) is 20.1. The molecule has 12 rings (SSSR count). The minimum Gasteiger partial charge on any atom is -0.454 e. The average molecular weight is 758 g/mol. The molecule has 0 bridgehead atoms. The standard InChI is InChI=1S/C53H35N5O/c1-2-12-34-29-36(22-21-33(34)11-1)52-55-50(56-53(57-52)45-30-35-13-3-4-14-38(35)40-15-5-6-16-41(40)45)26-24-39-37(23-25-48-51(39)44-27-28-54-31-49(44)59-48)32-58-46-19-9-7-17-42(46)43-18-8-10-20-47(43)58/h1-23,25,27-31H,24,26,32H2. The maximum absolute atomic E-state index is 6.43. The van der Waals surface area contributed by atoms with Gasteiger partial charge in [0.1, 0.15) is 11.4 Å². The molecule has 0 amide bonds. The monoisotopic (exact) mass is 757 g/mol. The molecule has 8 aromatic carbocycles. The lowest BCUT2D eigenvalue weighted by Gasteiger charge is -2.15. The molecule has 59 heavy (non-hydrogen) atoms. The minimum absolute atomic E-state index is 0.596. The van der Waals surface area contributed by atoms with Crippen LogP contribution in [-0.4, -0.2) is 24.5 Å². The summed E-state index contributed by atoms with van der Waals surface area (Å²) < 4.78 is 8.88. The zero-order chi connectivity index (χ0) is 38.9. The summed E-state index contributed by atoms with van der Waals surface area (Å²) in [5.41, 5.74) is 8.46. The van der Waals surface area contributed by atoms with Crippen molar-refractivity contribution in [1.82, 2.24) is 24.5 Å². The van der Waals surface area contributed by atoms with Gasteiger partial charge in [-0.05, 0) is 86.3 Å². The van der Waals surface area contributed by atoms with Gasteiger partial charge in [0.05, 0.1) is 6.20 Å². The van der Waals surface area contributed by atoms with Crippen LogP contribution < -0.4 is 0 Å². The Balaban J connectivity index is 1.04. The second-order valence-corrected chi connectivity index (χ2v) is 15.3. The predicted molar refractivity (Wildman–Crippen MR) is 241 cm³/mol. The number of rotatable bonds is 7. The number of aryl methyl sites for hydroxylation is 2. The molecule has 278 valence electrons. The Kier molecular flexibility index (Phi) is 7.63. The Morgan fingerprint density at radius 2 is 1.15 bits per heavy atom. The molecule has 0 atom stereocenters. The Hall–Kier alpha value is -7.70. The molecule has 0 aliphatic heterocycles. The van der Waals surface area contributed by atoms with Crippen molar-refractivity contribution in [1.29, 1.82) is 0 Å². The van der Waals surface area contributed by atoms with Crippen LogP contribution in [0, 0.1) is 0 Å². The quantitative estimate of drug-likeness (QED) is 0.151. The lowest BCUT2D eigenvalue weighted by molar-refractivity contribution is 0.666. The van der Waals surface area contributed by atoms with Crippen LogP contribution in [0.25, 0.3) is 98.8 Å². The Labute approximate surface area is 339 Å². The first-order chi connectivity index (χ1) is 29.2. The van der Waals surface area contributed by atoms with E-state index in [1.54, 1.807) is 0 Å². The SMILES string of the molecule is c1ccc2cc(-c3nc(CCc4c(Cn5c6ccccc6c6ccccc65)ccc5oc6cnccc6c45)nc(-c4cc5ccccc5c5ccccc45)n3)ccc2c1. The van der Waals surface area contributed by atoms with E-state index in [4.69, 9.17) is 19.4 Å². The van der Waals surface area contributed by atoms with E-state index >= 15 is 0 Å². The van der Waals surface area contributed by atoms with E-state index < -0.39 is 0 Å². The molecular weight excluding hydrogens is 723 g/mol. The first-order valence-electron chi connectivity index (χ1n) is 20.1. The van der Waals surface area contributed by atoms with E-state index in [2.05, 4.69) is 173 Å². The summed E-state index contributed by atoms with van der Waals surface area (Å²) in [4.78, 5) is 20.2. The highest BCUT2D eigenvalue weighted by atomic mass is 16.3. The summed E-state index contributed by atoms with van der Waals surface area (Å²) >= 11 is 0. The number of furan rings is 1. The number of hydrogen-bond donors (Lipinski definition) is 0.